The first-order valence-corrected chi connectivity index (χ1v) is 5.68. The van der Waals surface area contributed by atoms with E-state index in [1.165, 1.54) is 4.68 Å². The van der Waals surface area contributed by atoms with E-state index in [2.05, 4.69) is 21.0 Å². The molecule has 82 valence electrons. The van der Waals surface area contributed by atoms with Crippen molar-refractivity contribution in [3.8, 4) is 5.69 Å². The molecule has 0 atom stereocenters. The molecule has 2 aromatic rings. The lowest BCUT2D eigenvalue weighted by molar-refractivity contribution is -0.384. The van der Waals surface area contributed by atoms with Crippen molar-refractivity contribution in [2.24, 2.45) is 0 Å². The standard InChI is InChI=1S/C10H8BrN3O2/c11-7-8-2-3-9(10(6-8)14(15)16)13-5-1-4-12-13/h1-6H,7H2. The normalized spacial score (nSPS) is 10.3. The molecule has 0 saturated heterocycles. The van der Waals surface area contributed by atoms with E-state index in [-0.39, 0.29) is 5.69 Å². The van der Waals surface area contributed by atoms with Crippen LogP contribution >= 0.6 is 15.9 Å². The molecule has 0 aliphatic carbocycles. The van der Waals surface area contributed by atoms with Crippen LogP contribution in [0.1, 0.15) is 5.56 Å². The van der Waals surface area contributed by atoms with Crippen molar-refractivity contribution in [1.82, 2.24) is 9.78 Å². The van der Waals surface area contributed by atoms with Crippen molar-refractivity contribution in [3.63, 3.8) is 0 Å². The summed E-state index contributed by atoms with van der Waals surface area (Å²) in [7, 11) is 0. The Morgan fingerprint density at radius 1 is 1.50 bits per heavy atom. The molecule has 0 amide bonds. The molecule has 1 aromatic carbocycles. The third-order valence-electron chi connectivity index (χ3n) is 2.14. The Labute approximate surface area is 100.0 Å². The van der Waals surface area contributed by atoms with E-state index in [0.717, 1.165) is 5.56 Å². The van der Waals surface area contributed by atoms with Gasteiger partial charge in [0.05, 0.1) is 4.92 Å². The molecular formula is C10H8BrN3O2. The van der Waals surface area contributed by atoms with Gasteiger partial charge in [-0.3, -0.25) is 10.1 Å². The molecule has 0 fully saturated rings. The fraction of sp³-hybridized carbons (Fsp3) is 0.100. The number of nitro benzene ring substituents is 1. The van der Waals surface area contributed by atoms with Crippen LogP contribution in [-0.4, -0.2) is 14.7 Å². The van der Waals surface area contributed by atoms with Crippen molar-refractivity contribution in [2.75, 3.05) is 0 Å². The van der Waals surface area contributed by atoms with Gasteiger partial charge in [0.15, 0.2) is 0 Å². The molecule has 0 radical (unpaired) electrons. The second-order valence-electron chi connectivity index (χ2n) is 3.16. The molecule has 6 heteroatoms. The number of nitrogens with zero attached hydrogens (tertiary/aromatic N) is 3. The SMILES string of the molecule is O=[N+]([O-])c1cc(CBr)ccc1-n1cccn1. The molecule has 0 unspecified atom stereocenters. The second-order valence-corrected chi connectivity index (χ2v) is 3.73. The summed E-state index contributed by atoms with van der Waals surface area (Å²) < 4.78 is 1.48. The number of alkyl halides is 1. The zero-order valence-electron chi connectivity index (χ0n) is 8.21. The lowest BCUT2D eigenvalue weighted by Gasteiger charge is -2.04. The highest BCUT2D eigenvalue weighted by molar-refractivity contribution is 9.08. The van der Waals surface area contributed by atoms with E-state index in [4.69, 9.17) is 0 Å². The fourth-order valence-corrected chi connectivity index (χ4v) is 1.75. The zero-order valence-corrected chi connectivity index (χ0v) is 9.79. The average Bonchev–Trinajstić information content (AvgIpc) is 2.81. The number of hydrogen-bond acceptors (Lipinski definition) is 3. The van der Waals surface area contributed by atoms with Crippen LogP contribution < -0.4 is 0 Å². The van der Waals surface area contributed by atoms with Crippen molar-refractivity contribution in [2.45, 2.75) is 5.33 Å². The number of aromatic nitrogens is 2. The molecule has 1 aromatic heterocycles. The molecule has 0 N–H and O–H groups in total. The Morgan fingerprint density at radius 3 is 2.88 bits per heavy atom. The number of halogens is 1. The zero-order chi connectivity index (χ0) is 11.5. The monoisotopic (exact) mass is 281 g/mol. The van der Waals surface area contributed by atoms with E-state index in [0.29, 0.717) is 11.0 Å². The molecule has 0 aliphatic rings. The smallest absolute Gasteiger partial charge is 0.258 e. The molecule has 0 spiro atoms. The summed E-state index contributed by atoms with van der Waals surface area (Å²) in [6.45, 7) is 0. The second kappa shape index (κ2) is 4.44. The highest BCUT2D eigenvalue weighted by Crippen LogP contribution is 2.24. The van der Waals surface area contributed by atoms with Gasteiger partial charge in [0.2, 0.25) is 0 Å². The molecule has 0 saturated carbocycles. The van der Waals surface area contributed by atoms with E-state index in [1.54, 1.807) is 30.6 Å². The lowest BCUT2D eigenvalue weighted by atomic mass is 10.2. The van der Waals surface area contributed by atoms with Gasteiger partial charge in [-0.15, -0.1) is 0 Å². The summed E-state index contributed by atoms with van der Waals surface area (Å²) in [5, 5.41) is 15.5. The molecule has 16 heavy (non-hydrogen) atoms. The van der Waals surface area contributed by atoms with E-state index < -0.39 is 4.92 Å². The largest absolute Gasteiger partial charge is 0.295 e. The van der Waals surface area contributed by atoms with Crippen molar-refractivity contribution in [1.29, 1.82) is 0 Å². The van der Waals surface area contributed by atoms with Gasteiger partial charge in [0.1, 0.15) is 5.69 Å². The maximum Gasteiger partial charge on any atom is 0.295 e. The van der Waals surface area contributed by atoms with Crippen LogP contribution in [0.25, 0.3) is 5.69 Å². The minimum absolute atomic E-state index is 0.0562. The third kappa shape index (κ3) is 1.96. The highest BCUT2D eigenvalue weighted by Gasteiger charge is 2.15. The first-order chi connectivity index (χ1) is 7.72. The van der Waals surface area contributed by atoms with Crippen LogP contribution in [-0.2, 0) is 5.33 Å². The number of nitro groups is 1. The molecule has 2 rings (SSSR count). The van der Waals surface area contributed by atoms with Crippen LogP contribution in [0.4, 0.5) is 5.69 Å². The third-order valence-corrected chi connectivity index (χ3v) is 2.79. The predicted molar refractivity (Wildman–Crippen MR) is 62.8 cm³/mol. The highest BCUT2D eigenvalue weighted by atomic mass is 79.9. The topological polar surface area (TPSA) is 61.0 Å². The Kier molecular flexibility index (Phi) is 3.00. The summed E-state index contributed by atoms with van der Waals surface area (Å²) in [4.78, 5) is 10.5. The van der Waals surface area contributed by atoms with Gasteiger partial charge < -0.3 is 0 Å². The van der Waals surface area contributed by atoms with E-state index in [9.17, 15) is 10.1 Å². The predicted octanol–water partition coefficient (Wildman–Crippen LogP) is 2.68. The number of benzene rings is 1. The van der Waals surface area contributed by atoms with Crippen molar-refractivity contribution >= 4 is 21.6 Å². The van der Waals surface area contributed by atoms with Gasteiger partial charge in [-0.1, -0.05) is 22.0 Å². The minimum Gasteiger partial charge on any atom is -0.258 e. The van der Waals surface area contributed by atoms with Gasteiger partial charge >= 0.3 is 0 Å². The van der Waals surface area contributed by atoms with Gasteiger partial charge in [-0.05, 0) is 17.7 Å². The van der Waals surface area contributed by atoms with E-state index in [1.807, 2.05) is 6.07 Å². The van der Waals surface area contributed by atoms with Gasteiger partial charge in [0.25, 0.3) is 5.69 Å². The van der Waals surface area contributed by atoms with Crippen LogP contribution in [0, 0.1) is 10.1 Å². The Morgan fingerprint density at radius 2 is 2.31 bits per heavy atom. The molecule has 5 nitrogen and oxygen atoms in total. The summed E-state index contributed by atoms with van der Waals surface area (Å²) in [6, 6.07) is 6.80. The lowest BCUT2D eigenvalue weighted by Crippen LogP contribution is -2.01. The molecule has 1 heterocycles. The maximum absolute atomic E-state index is 10.9. The molecular weight excluding hydrogens is 274 g/mol. The first kappa shape index (κ1) is 10.8. The van der Waals surface area contributed by atoms with Crippen LogP contribution in [0.15, 0.2) is 36.7 Å². The van der Waals surface area contributed by atoms with Crippen molar-refractivity contribution < 1.29 is 4.92 Å². The summed E-state index contributed by atoms with van der Waals surface area (Å²) in [5.41, 5.74) is 1.39. The fourth-order valence-electron chi connectivity index (χ4n) is 1.40. The number of hydrogen-bond donors (Lipinski definition) is 0. The maximum atomic E-state index is 10.9. The Hall–Kier alpha value is -1.69. The molecule has 0 aliphatic heterocycles. The van der Waals surface area contributed by atoms with Crippen LogP contribution in [0.5, 0.6) is 0 Å². The summed E-state index contributed by atoms with van der Waals surface area (Å²) >= 11 is 3.27. The van der Waals surface area contributed by atoms with Crippen LogP contribution in [0.2, 0.25) is 0 Å². The Bertz CT molecular complexity index is 511. The average molecular weight is 282 g/mol. The summed E-state index contributed by atoms with van der Waals surface area (Å²) in [6.07, 6.45) is 3.26. The quantitative estimate of drug-likeness (QED) is 0.494. The van der Waals surface area contributed by atoms with Gasteiger partial charge in [-0.25, -0.2) is 4.68 Å². The minimum atomic E-state index is -0.400. The first-order valence-electron chi connectivity index (χ1n) is 4.55. The Balaban J connectivity index is 2.57. The van der Waals surface area contributed by atoms with Crippen LogP contribution in [0.3, 0.4) is 0 Å². The molecule has 0 bridgehead atoms. The van der Waals surface area contributed by atoms with E-state index >= 15 is 0 Å². The summed E-state index contributed by atoms with van der Waals surface area (Å²) in [5.74, 6) is 0. The van der Waals surface area contributed by atoms with Gasteiger partial charge in [-0.2, -0.15) is 5.10 Å². The van der Waals surface area contributed by atoms with Gasteiger partial charge in [0, 0.05) is 23.8 Å². The van der Waals surface area contributed by atoms with Crippen molar-refractivity contribution in [3.05, 3.63) is 52.3 Å². The number of rotatable bonds is 3.